The van der Waals surface area contributed by atoms with Gasteiger partial charge in [-0.2, -0.15) is 0 Å². The van der Waals surface area contributed by atoms with Crippen molar-refractivity contribution in [3.8, 4) is 0 Å². The van der Waals surface area contributed by atoms with Gasteiger partial charge in [-0.05, 0) is 46.6 Å². The first-order chi connectivity index (χ1) is 6.18. The van der Waals surface area contributed by atoms with Gasteiger partial charge >= 0.3 is 0 Å². The first kappa shape index (κ1) is 8.97. The normalized spacial score (nSPS) is 10.7. The van der Waals surface area contributed by atoms with Crippen molar-refractivity contribution in [3.05, 3.63) is 39.5 Å². The molecule has 0 fully saturated rings. The van der Waals surface area contributed by atoms with E-state index in [-0.39, 0.29) is 0 Å². The lowest BCUT2D eigenvalue weighted by Gasteiger charge is -2.02. The second-order valence-corrected chi connectivity index (χ2v) is 4.08. The third kappa shape index (κ3) is 1.56. The summed E-state index contributed by atoms with van der Waals surface area (Å²) >= 11 is 9.31. The van der Waals surface area contributed by atoms with Crippen molar-refractivity contribution in [2.24, 2.45) is 0 Å². The molecule has 0 unspecified atom stereocenters. The molecule has 0 atom stereocenters. The smallest absolute Gasteiger partial charge is 0.129 e. The number of aromatic nitrogens is 1. The minimum atomic E-state index is 0.531. The number of benzene rings is 1. The van der Waals surface area contributed by atoms with Crippen LogP contribution in [0.5, 0.6) is 0 Å². The number of hydrogen-bond acceptors (Lipinski definition) is 1. The average molecular weight is 257 g/mol. The molecular weight excluding hydrogens is 249 g/mol. The van der Waals surface area contributed by atoms with Gasteiger partial charge in [0.25, 0.3) is 0 Å². The monoisotopic (exact) mass is 255 g/mol. The summed E-state index contributed by atoms with van der Waals surface area (Å²) in [6.07, 6.45) is 0. The third-order valence-electron chi connectivity index (χ3n) is 1.96. The molecule has 1 aromatic heterocycles. The molecule has 0 N–H and O–H groups in total. The van der Waals surface area contributed by atoms with Gasteiger partial charge in [0, 0.05) is 9.86 Å². The predicted octanol–water partition coefficient (Wildman–Crippen LogP) is 3.96. The Balaban J connectivity index is 2.87. The molecule has 0 radical (unpaired) electrons. The Kier molecular flexibility index (Phi) is 2.26. The number of halogens is 2. The zero-order valence-electron chi connectivity index (χ0n) is 7.01. The van der Waals surface area contributed by atoms with E-state index in [1.807, 2.05) is 18.2 Å². The van der Waals surface area contributed by atoms with Crippen LogP contribution in [0.2, 0.25) is 5.15 Å². The van der Waals surface area contributed by atoms with E-state index in [4.69, 9.17) is 11.6 Å². The molecule has 2 rings (SSSR count). The van der Waals surface area contributed by atoms with Crippen LogP contribution in [-0.4, -0.2) is 4.98 Å². The van der Waals surface area contributed by atoms with Crippen molar-refractivity contribution in [1.29, 1.82) is 0 Å². The first-order valence-electron chi connectivity index (χ1n) is 3.90. The first-order valence-corrected chi connectivity index (χ1v) is 5.07. The SMILES string of the molecule is Cc1ccc2nc(Cl)ccc2c1Br. The summed E-state index contributed by atoms with van der Waals surface area (Å²) in [5.41, 5.74) is 2.13. The molecule has 0 amide bonds. The molecule has 0 saturated carbocycles. The Labute approximate surface area is 89.9 Å². The maximum Gasteiger partial charge on any atom is 0.129 e. The zero-order chi connectivity index (χ0) is 9.42. The third-order valence-corrected chi connectivity index (χ3v) is 3.23. The molecule has 1 aromatic carbocycles. The molecule has 0 aliphatic carbocycles. The topological polar surface area (TPSA) is 12.9 Å². The molecule has 1 nitrogen and oxygen atoms in total. The van der Waals surface area contributed by atoms with Gasteiger partial charge in [0.2, 0.25) is 0 Å². The zero-order valence-corrected chi connectivity index (χ0v) is 9.35. The van der Waals surface area contributed by atoms with Gasteiger partial charge in [-0.25, -0.2) is 4.98 Å². The lowest BCUT2D eigenvalue weighted by molar-refractivity contribution is 1.38. The van der Waals surface area contributed by atoms with Gasteiger partial charge in [-0.3, -0.25) is 0 Å². The van der Waals surface area contributed by atoms with Crippen molar-refractivity contribution in [3.63, 3.8) is 0 Å². The van der Waals surface area contributed by atoms with Crippen molar-refractivity contribution in [2.45, 2.75) is 6.92 Å². The Morgan fingerprint density at radius 3 is 2.77 bits per heavy atom. The number of fused-ring (bicyclic) bond motifs is 1. The molecule has 0 spiro atoms. The quantitative estimate of drug-likeness (QED) is 0.650. The van der Waals surface area contributed by atoms with Crippen LogP contribution in [-0.2, 0) is 0 Å². The van der Waals surface area contributed by atoms with Crippen molar-refractivity contribution in [1.82, 2.24) is 4.98 Å². The Hall–Kier alpha value is -0.600. The van der Waals surface area contributed by atoms with E-state index in [2.05, 4.69) is 27.8 Å². The van der Waals surface area contributed by atoms with Gasteiger partial charge in [0.15, 0.2) is 0 Å². The lowest BCUT2D eigenvalue weighted by atomic mass is 10.1. The van der Waals surface area contributed by atoms with Crippen LogP contribution in [0.1, 0.15) is 5.56 Å². The summed E-state index contributed by atoms with van der Waals surface area (Å²) in [5.74, 6) is 0. The molecule has 0 saturated heterocycles. The standard InChI is InChI=1S/C10H7BrClN/c1-6-2-4-8-7(10(6)11)3-5-9(12)13-8/h2-5H,1H3. The maximum atomic E-state index is 5.78. The highest BCUT2D eigenvalue weighted by Gasteiger charge is 2.02. The summed E-state index contributed by atoms with van der Waals surface area (Å²) in [6.45, 7) is 2.05. The summed E-state index contributed by atoms with van der Waals surface area (Å²) in [6, 6.07) is 7.77. The summed E-state index contributed by atoms with van der Waals surface area (Å²) in [5, 5.41) is 1.63. The molecule has 66 valence electrons. The summed E-state index contributed by atoms with van der Waals surface area (Å²) in [4.78, 5) is 4.21. The fraction of sp³-hybridized carbons (Fsp3) is 0.100. The Morgan fingerprint density at radius 2 is 2.00 bits per heavy atom. The molecule has 0 bridgehead atoms. The number of nitrogens with zero attached hydrogens (tertiary/aromatic N) is 1. The van der Waals surface area contributed by atoms with Crippen LogP contribution in [0.15, 0.2) is 28.7 Å². The minimum absolute atomic E-state index is 0.531. The molecule has 2 aromatic rings. The largest absolute Gasteiger partial charge is 0.236 e. The highest BCUT2D eigenvalue weighted by atomic mass is 79.9. The van der Waals surface area contributed by atoms with Crippen LogP contribution >= 0.6 is 27.5 Å². The summed E-state index contributed by atoms with van der Waals surface area (Å²) in [7, 11) is 0. The van der Waals surface area contributed by atoms with Gasteiger partial charge in [-0.1, -0.05) is 17.7 Å². The van der Waals surface area contributed by atoms with Gasteiger partial charge in [0.1, 0.15) is 5.15 Å². The van der Waals surface area contributed by atoms with Crippen molar-refractivity contribution in [2.75, 3.05) is 0 Å². The number of rotatable bonds is 0. The van der Waals surface area contributed by atoms with Crippen molar-refractivity contribution >= 4 is 38.4 Å². The number of pyridine rings is 1. The van der Waals surface area contributed by atoms with Crippen LogP contribution in [0.4, 0.5) is 0 Å². The minimum Gasteiger partial charge on any atom is -0.236 e. The number of hydrogen-bond donors (Lipinski definition) is 0. The van der Waals surface area contributed by atoms with E-state index in [9.17, 15) is 0 Å². The van der Waals surface area contributed by atoms with E-state index in [1.165, 1.54) is 5.56 Å². The van der Waals surface area contributed by atoms with E-state index >= 15 is 0 Å². The maximum absolute atomic E-state index is 5.78. The number of aryl methyl sites for hydroxylation is 1. The Morgan fingerprint density at radius 1 is 1.23 bits per heavy atom. The van der Waals surface area contributed by atoms with Crippen molar-refractivity contribution < 1.29 is 0 Å². The molecule has 0 aliphatic heterocycles. The van der Waals surface area contributed by atoms with Crippen LogP contribution < -0.4 is 0 Å². The molecule has 13 heavy (non-hydrogen) atoms. The second kappa shape index (κ2) is 3.28. The van der Waals surface area contributed by atoms with E-state index in [0.717, 1.165) is 15.4 Å². The molecule has 3 heteroatoms. The lowest BCUT2D eigenvalue weighted by Crippen LogP contribution is -1.83. The van der Waals surface area contributed by atoms with Crippen LogP contribution in [0.25, 0.3) is 10.9 Å². The fourth-order valence-electron chi connectivity index (χ4n) is 1.25. The molecule has 0 aliphatic rings. The Bertz CT molecular complexity index is 468. The molecule has 1 heterocycles. The van der Waals surface area contributed by atoms with E-state index < -0.39 is 0 Å². The van der Waals surface area contributed by atoms with Gasteiger partial charge in [-0.15, -0.1) is 0 Å². The molecular formula is C10H7BrClN. The average Bonchev–Trinajstić information content (AvgIpc) is 2.12. The van der Waals surface area contributed by atoms with Gasteiger partial charge in [0.05, 0.1) is 5.52 Å². The van der Waals surface area contributed by atoms with Gasteiger partial charge < -0.3 is 0 Å². The fourth-order valence-corrected chi connectivity index (χ4v) is 1.87. The van der Waals surface area contributed by atoms with Crippen LogP contribution in [0.3, 0.4) is 0 Å². The van der Waals surface area contributed by atoms with Crippen LogP contribution in [0, 0.1) is 6.92 Å². The van der Waals surface area contributed by atoms with E-state index in [0.29, 0.717) is 5.15 Å². The van der Waals surface area contributed by atoms with E-state index in [1.54, 1.807) is 6.07 Å². The highest BCUT2D eigenvalue weighted by molar-refractivity contribution is 9.10. The second-order valence-electron chi connectivity index (χ2n) is 2.90. The predicted molar refractivity (Wildman–Crippen MR) is 59.2 cm³/mol. The summed E-state index contributed by atoms with van der Waals surface area (Å²) < 4.78 is 1.09. The highest BCUT2D eigenvalue weighted by Crippen LogP contribution is 2.26.